The van der Waals surface area contributed by atoms with Crippen molar-refractivity contribution < 1.29 is 14.7 Å². The molecule has 0 spiro atoms. The maximum Gasteiger partial charge on any atom is 0.305 e. The van der Waals surface area contributed by atoms with Gasteiger partial charge in [0.15, 0.2) is 0 Å². The molecule has 1 unspecified atom stereocenters. The Kier molecular flexibility index (Phi) is 6.02. The Bertz CT molecular complexity index is 420. The van der Waals surface area contributed by atoms with Gasteiger partial charge in [-0.05, 0) is 25.1 Å². The molecule has 0 radical (unpaired) electrons. The van der Waals surface area contributed by atoms with E-state index >= 15 is 0 Å². The lowest BCUT2D eigenvalue weighted by atomic mass is 10.1. The van der Waals surface area contributed by atoms with Crippen molar-refractivity contribution in [2.24, 2.45) is 11.7 Å². The number of anilines is 1. The van der Waals surface area contributed by atoms with Crippen LogP contribution in [0.4, 0.5) is 5.69 Å². The SMILES string of the molecule is CC(CCN)C(=O)N(CCC(=O)O)c1ccccc1. The first-order valence-corrected chi connectivity index (χ1v) is 6.34. The number of benzene rings is 1. The molecule has 0 aliphatic rings. The summed E-state index contributed by atoms with van der Waals surface area (Å²) in [5, 5.41) is 8.78. The van der Waals surface area contributed by atoms with Gasteiger partial charge in [-0.2, -0.15) is 0 Å². The van der Waals surface area contributed by atoms with Gasteiger partial charge < -0.3 is 15.7 Å². The Hall–Kier alpha value is -1.88. The van der Waals surface area contributed by atoms with E-state index in [9.17, 15) is 9.59 Å². The lowest BCUT2D eigenvalue weighted by molar-refractivity contribution is -0.136. The van der Waals surface area contributed by atoms with Gasteiger partial charge in [0.2, 0.25) is 5.91 Å². The van der Waals surface area contributed by atoms with Gasteiger partial charge >= 0.3 is 5.97 Å². The van der Waals surface area contributed by atoms with E-state index in [1.54, 1.807) is 12.1 Å². The highest BCUT2D eigenvalue weighted by molar-refractivity contribution is 5.95. The van der Waals surface area contributed by atoms with E-state index < -0.39 is 5.97 Å². The van der Waals surface area contributed by atoms with E-state index in [0.717, 1.165) is 5.69 Å². The molecule has 0 aromatic heterocycles. The Morgan fingerprint density at radius 1 is 1.32 bits per heavy atom. The first-order valence-electron chi connectivity index (χ1n) is 6.34. The number of rotatable bonds is 7. The molecule has 0 aliphatic heterocycles. The first-order chi connectivity index (χ1) is 9.06. The van der Waals surface area contributed by atoms with Crippen LogP contribution in [0.3, 0.4) is 0 Å². The Morgan fingerprint density at radius 3 is 2.47 bits per heavy atom. The van der Waals surface area contributed by atoms with Gasteiger partial charge in [-0.1, -0.05) is 25.1 Å². The van der Waals surface area contributed by atoms with Crippen LogP contribution < -0.4 is 10.6 Å². The summed E-state index contributed by atoms with van der Waals surface area (Å²) in [5.74, 6) is -1.21. The number of hydrogen-bond acceptors (Lipinski definition) is 3. The minimum Gasteiger partial charge on any atom is -0.481 e. The van der Waals surface area contributed by atoms with Gasteiger partial charge in [-0.25, -0.2) is 0 Å². The second kappa shape index (κ2) is 7.53. The van der Waals surface area contributed by atoms with Crippen LogP contribution in [0.1, 0.15) is 19.8 Å². The fraction of sp³-hybridized carbons (Fsp3) is 0.429. The second-order valence-corrected chi connectivity index (χ2v) is 4.45. The fourth-order valence-corrected chi connectivity index (χ4v) is 1.82. The quantitative estimate of drug-likeness (QED) is 0.781. The van der Waals surface area contributed by atoms with Crippen molar-refractivity contribution in [1.82, 2.24) is 0 Å². The number of para-hydroxylation sites is 1. The minimum atomic E-state index is -0.916. The third kappa shape index (κ3) is 4.71. The first kappa shape index (κ1) is 15.2. The van der Waals surface area contributed by atoms with Crippen molar-refractivity contribution in [1.29, 1.82) is 0 Å². The number of carbonyl (C=O) groups excluding carboxylic acids is 1. The summed E-state index contributed by atoms with van der Waals surface area (Å²) < 4.78 is 0. The summed E-state index contributed by atoms with van der Waals surface area (Å²) in [5.41, 5.74) is 6.18. The van der Waals surface area contributed by atoms with Gasteiger partial charge in [-0.15, -0.1) is 0 Å². The van der Waals surface area contributed by atoms with Crippen LogP contribution in [0.15, 0.2) is 30.3 Å². The zero-order valence-electron chi connectivity index (χ0n) is 11.1. The molecular formula is C14H20N2O3. The summed E-state index contributed by atoms with van der Waals surface area (Å²) in [6, 6.07) is 9.10. The molecule has 19 heavy (non-hydrogen) atoms. The summed E-state index contributed by atoms with van der Waals surface area (Å²) in [6.45, 7) is 2.42. The number of hydrogen-bond donors (Lipinski definition) is 2. The van der Waals surface area contributed by atoms with Crippen LogP contribution in [0, 0.1) is 5.92 Å². The maximum atomic E-state index is 12.3. The van der Waals surface area contributed by atoms with Gasteiger partial charge in [0, 0.05) is 18.2 Å². The molecule has 1 amide bonds. The van der Waals surface area contributed by atoms with Crippen LogP contribution >= 0.6 is 0 Å². The molecule has 1 aromatic rings. The fourth-order valence-electron chi connectivity index (χ4n) is 1.82. The van der Waals surface area contributed by atoms with E-state index in [0.29, 0.717) is 13.0 Å². The zero-order valence-corrected chi connectivity index (χ0v) is 11.1. The summed E-state index contributed by atoms with van der Waals surface area (Å²) in [6.07, 6.45) is 0.519. The molecule has 0 saturated carbocycles. The highest BCUT2D eigenvalue weighted by Gasteiger charge is 2.21. The van der Waals surface area contributed by atoms with Gasteiger partial charge in [0.1, 0.15) is 0 Å². The van der Waals surface area contributed by atoms with Crippen molar-refractivity contribution in [2.75, 3.05) is 18.0 Å². The summed E-state index contributed by atoms with van der Waals surface area (Å²) in [4.78, 5) is 24.5. The molecule has 0 aliphatic carbocycles. The van der Waals surface area contributed by atoms with E-state index in [1.165, 1.54) is 4.90 Å². The van der Waals surface area contributed by atoms with Crippen molar-refractivity contribution in [3.63, 3.8) is 0 Å². The number of amides is 1. The number of aliphatic carboxylic acids is 1. The smallest absolute Gasteiger partial charge is 0.305 e. The molecule has 0 saturated heterocycles. The Morgan fingerprint density at radius 2 is 1.95 bits per heavy atom. The molecule has 104 valence electrons. The topological polar surface area (TPSA) is 83.6 Å². The van der Waals surface area contributed by atoms with Crippen LogP contribution in [-0.4, -0.2) is 30.1 Å². The molecule has 0 bridgehead atoms. The highest BCUT2D eigenvalue weighted by atomic mass is 16.4. The predicted molar refractivity (Wildman–Crippen MR) is 73.9 cm³/mol. The molecule has 1 aromatic carbocycles. The second-order valence-electron chi connectivity index (χ2n) is 4.45. The van der Waals surface area contributed by atoms with E-state index in [2.05, 4.69) is 0 Å². The van der Waals surface area contributed by atoms with Gasteiger partial charge in [-0.3, -0.25) is 9.59 Å². The van der Waals surface area contributed by atoms with Crippen LogP contribution in [0.25, 0.3) is 0 Å². The predicted octanol–water partition coefficient (Wildman–Crippen LogP) is 1.48. The van der Waals surface area contributed by atoms with E-state index in [-0.39, 0.29) is 24.8 Å². The van der Waals surface area contributed by atoms with Crippen molar-refractivity contribution >= 4 is 17.6 Å². The molecule has 3 N–H and O–H groups in total. The van der Waals surface area contributed by atoms with Gasteiger partial charge in [0.25, 0.3) is 0 Å². The maximum absolute atomic E-state index is 12.3. The summed E-state index contributed by atoms with van der Waals surface area (Å²) >= 11 is 0. The van der Waals surface area contributed by atoms with Crippen molar-refractivity contribution in [3.8, 4) is 0 Å². The molecule has 1 rings (SSSR count). The standard InChI is InChI=1S/C14H20N2O3/c1-11(7-9-15)14(19)16(10-8-13(17)18)12-5-3-2-4-6-12/h2-6,11H,7-10,15H2,1H3,(H,17,18). The largest absolute Gasteiger partial charge is 0.481 e. The number of nitrogens with zero attached hydrogens (tertiary/aromatic N) is 1. The molecule has 0 fully saturated rings. The lowest BCUT2D eigenvalue weighted by Gasteiger charge is -2.25. The molecule has 5 heteroatoms. The third-order valence-electron chi connectivity index (χ3n) is 2.90. The lowest BCUT2D eigenvalue weighted by Crippen LogP contribution is -2.37. The van der Waals surface area contributed by atoms with Crippen molar-refractivity contribution in [3.05, 3.63) is 30.3 Å². The average Bonchev–Trinajstić information content (AvgIpc) is 2.40. The van der Waals surface area contributed by atoms with Crippen molar-refractivity contribution in [2.45, 2.75) is 19.8 Å². The molecular weight excluding hydrogens is 244 g/mol. The van der Waals surface area contributed by atoms with Crippen LogP contribution in [0.2, 0.25) is 0 Å². The summed E-state index contributed by atoms with van der Waals surface area (Å²) in [7, 11) is 0. The normalized spacial score (nSPS) is 11.9. The minimum absolute atomic E-state index is 0.0734. The number of carboxylic acids is 1. The van der Waals surface area contributed by atoms with Crippen LogP contribution in [0.5, 0.6) is 0 Å². The van der Waals surface area contributed by atoms with E-state index in [4.69, 9.17) is 10.8 Å². The number of carboxylic acid groups (broad SMARTS) is 1. The number of nitrogens with two attached hydrogens (primary N) is 1. The average molecular weight is 264 g/mol. The Balaban J connectivity index is 2.86. The Labute approximate surface area is 113 Å². The molecule has 0 heterocycles. The van der Waals surface area contributed by atoms with Crippen LogP contribution in [-0.2, 0) is 9.59 Å². The molecule has 5 nitrogen and oxygen atoms in total. The van der Waals surface area contributed by atoms with Gasteiger partial charge in [0.05, 0.1) is 6.42 Å². The van der Waals surface area contributed by atoms with E-state index in [1.807, 2.05) is 25.1 Å². The number of carbonyl (C=O) groups is 2. The third-order valence-corrected chi connectivity index (χ3v) is 2.90. The monoisotopic (exact) mass is 264 g/mol. The molecule has 1 atom stereocenters. The highest BCUT2D eigenvalue weighted by Crippen LogP contribution is 2.18. The zero-order chi connectivity index (χ0) is 14.3.